The van der Waals surface area contributed by atoms with Crippen LogP contribution in [-0.2, 0) is 6.18 Å². The van der Waals surface area contributed by atoms with Crippen LogP contribution in [-0.4, -0.2) is 34.6 Å². The molecule has 21 heavy (non-hydrogen) atoms. The van der Waals surface area contributed by atoms with Crippen LogP contribution in [0.3, 0.4) is 0 Å². The fourth-order valence-corrected chi connectivity index (χ4v) is 2.28. The molecule has 2 rings (SSSR count). The molecule has 0 aromatic heterocycles. The Balaban J connectivity index is 2.23. The number of nitrogens with two attached hydrogens (primary N) is 1. The lowest BCUT2D eigenvalue weighted by Crippen LogP contribution is -2.45. The average molecular weight is 302 g/mol. The van der Waals surface area contributed by atoms with E-state index >= 15 is 0 Å². The maximum absolute atomic E-state index is 12.7. The van der Waals surface area contributed by atoms with Gasteiger partial charge in [-0.3, -0.25) is 4.79 Å². The third-order valence-electron chi connectivity index (χ3n) is 3.74. The summed E-state index contributed by atoms with van der Waals surface area (Å²) in [6.07, 6.45) is -3.75. The van der Waals surface area contributed by atoms with Gasteiger partial charge in [0.1, 0.15) is 0 Å². The molecule has 0 aliphatic carbocycles. The van der Waals surface area contributed by atoms with E-state index in [-0.39, 0.29) is 11.3 Å². The molecule has 1 aromatic rings. The van der Waals surface area contributed by atoms with Gasteiger partial charge >= 0.3 is 6.18 Å². The van der Waals surface area contributed by atoms with Crippen LogP contribution in [0.25, 0.3) is 0 Å². The van der Waals surface area contributed by atoms with Crippen molar-refractivity contribution >= 4 is 11.6 Å². The van der Waals surface area contributed by atoms with Crippen molar-refractivity contribution in [3.8, 4) is 0 Å². The third-order valence-corrected chi connectivity index (χ3v) is 3.74. The lowest BCUT2D eigenvalue weighted by atomic mass is 9.93. The number of hydrogen-bond acceptors (Lipinski definition) is 3. The summed E-state index contributed by atoms with van der Waals surface area (Å²) in [5.74, 6) is -0.533. The molecule has 1 aromatic carbocycles. The van der Waals surface area contributed by atoms with E-state index in [2.05, 4.69) is 0 Å². The first-order valence-electron chi connectivity index (χ1n) is 6.58. The summed E-state index contributed by atoms with van der Waals surface area (Å²) >= 11 is 0. The van der Waals surface area contributed by atoms with Crippen LogP contribution in [0.2, 0.25) is 0 Å². The lowest BCUT2D eigenvalue weighted by Gasteiger charge is -2.36. The molecule has 0 spiro atoms. The number of nitrogen functional groups attached to an aromatic ring is 1. The number of aliphatic hydroxyl groups is 1. The molecule has 1 heterocycles. The Hall–Kier alpha value is -1.76. The molecule has 0 radical (unpaired) electrons. The summed E-state index contributed by atoms with van der Waals surface area (Å²) in [7, 11) is 0. The molecule has 4 nitrogen and oxygen atoms in total. The van der Waals surface area contributed by atoms with Gasteiger partial charge in [-0.2, -0.15) is 13.2 Å². The van der Waals surface area contributed by atoms with E-state index in [0.717, 1.165) is 18.2 Å². The number of piperidine rings is 1. The van der Waals surface area contributed by atoms with Crippen LogP contribution < -0.4 is 5.73 Å². The quantitative estimate of drug-likeness (QED) is 0.782. The number of anilines is 1. The van der Waals surface area contributed by atoms with Crippen LogP contribution >= 0.6 is 0 Å². The van der Waals surface area contributed by atoms with Gasteiger partial charge in [-0.1, -0.05) is 0 Å². The second kappa shape index (κ2) is 5.22. The van der Waals surface area contributed by atoms with E-state index in [1.807, 2.05) is 0 Å². The van der Waals surface area contributed by atoms with Crippen molar-refractivity contribution in [1.29, 1.82) is 0 Å². The van der Waals surface area contributed by atoms with Gasteiger partial charge in [-0.05, 0) is 38.0 Å². The van der Waals surface area contributed by atoms with Crippen LogP contribution in [0.4, 0.5) is 18.9 Å². The van der Waals surface area contributed by atoms with E-state index in [9.17, 15) is 23.1 Å². The number of carbonyl (C=O) groups is 1. The first-order valence-corrected chi connectivity index (χ1v) is 6.58. The van der Waals surface area contributed by atoms with Crippen LogP contribution in [0, 0.1) is 0 Å². The molecule has 0 unspecified atom stereocenters. The summed E-state index contributed by atoms with van der Waals surface area (Å²) in [5.41, 5.74) is 3.77. The molecule has 0 bridgehead atoms. The number of likely N-dealkylation sites (tertiary alicyclic amines) is 1. The van der Waals surface area contributed by atoms with Crippen LogP contribution in [0.5, 0.6) is 0 Å². The van der Waals surface area contributed by atoms with E-state index in [4.69, 9.17) is 5.73 Å². The largest absolute Gasteiger partial charge is 0.416 e. The molecule has 116 valence electrons. The number of carbonyl (C=O) groups excluding carboxylic acids is 1. The Morgan fingerprint density at radius 1 is 1.33 bits per heavy atom. The number of benzene rings is 1. The SMILES string of the molecule is CC1(O)CCN(C(=O)c2cc(C(F)(F)F)ccc2N)CC1. The smallest absolute Gasteiger partial charge is 0.398 e. The van der Waals surface area contributed by atoms with E-state index in [1.54, 1.807) is 6.92 Å². The molecule has 1 aliphatic rings. The number of rotatable bonds is 1. The summed E-state index contributed by atoms with van der Waals surface area (Å²) in [6, 6.07) is 2.73. The highest BCUT2D eigenvalue weighted by molar-refractivity contribution is 5.99. The third kappa shape index (κ3) is 3.47. The average Bonchev–Trinajstić information content (AvgIpc) is 2.37. The Bertz CT molecular complexity index is 546. The minimum atomic E-state index is -4.52. The number of hydrogen-bond donors (Lipinski definition) is 2. The summed E-state index contributed by atoms with van der Waals surface area (Å²) in [6.45, 7) is 2.26. The first-order chi connectivity index (χ1) is 9.60. The summed E-state index contributed by atoms with van der Waals surface area (Å²) in [4.78, 5) is 13.7. The summed E-state index contributed by atoms with van der Waals surface area (Å²) in [5, 5.41) is 9.84. The topological polar surface area (TPSA) is 66.6 Å². The second-order valence-corrected chi connectivity index (χ2v) is 5.59. The Morgan fingerprint density at radius 2 is 1.90 bits per heavy atom. The molecular formula is C14H17F3N2O2. The van der Waals surface area contributed by atoms with Gasteiger partial charge in [0.15, 0.2) is 0 Å². The predicted octanol–water partition coefficient (Wildman–Crippen LogP) is 2.27. The molecule has 1 fully saturated rings. The van der Waals surface area contributed by atoms with Crippen molar-refractivity contribution in [3.05, 3.63) is 29.3 Å². The molecular weight excluding hydrogens is 285 g/mol. The van der Waals surface area contributed by atoms with Crippen molar-refractivity contribution < 1.29 is 23.1 Å². The van der Waals surface area contributed by atoms with Crippen LogP contribution in [0.1, 0.15) is 35.7 Å². The van der Waals surface area contributed by atoms with Crippen molar-refractivity contribution in [2.24, 2.45) is 0 Å². The van der Waals surface area contributed by atoms with Gasteiger partial charge in [0, 0.05) is 18.8 Å². The second-order valence-electron chi connectivity index (χ2n) is 5.59. The maximum Gasteiger partial charge on any atom is 0.416 e. The van der Waals surface area contributed by atoms with E-state index in [0.29, 0.717) is 25.9 Å². The number of alkyl halides is 3. The Kier molecular flexibility index (Phi) is 3.88. The Morgan fingerprint density at radius 3 is 2.43 bits per heavy atom. The van der Waals surface area contributed by atoms with Gasteiger partial charge in [-0.25, -0.2) is 0 Å². The van der Waals surface area contributed by atoms with Crippen molar-refractivity contribution in [2.45, 2.75) is 31.5 Å². The van der Waals surface area contributed by atoms with Crippen molar-refractivity contribution in [2.75, 3.05) is 18.8 Å². The minimum Gasteiger partial charge on any atom is -0.398 e. The van der Waals surface area contributed by atoms with Gasteiger partial charge < -0.3 is 15.7 Å². The van der Waals surface area contributed by atoms with Crippen LogP contribution in [0.15, 0.2) is 18.2 Å². The highest BCUT2D eigenvalue weighted by Gasteiger charge is 2.34. The molecule has 1 amide bonds. The molecule has 0 saturated carbocycles. The highest BCUT2D eigenvalue weighted by atomic mass is 19.4. The van der Waals surface area contributed by atoms with Crippen molar-refractivity contribution in [3.63, 3.8) is 0 Å². The molecule has 1 aliphatic heterocycles. The van der Waals surface area contributed by atoms with Gasteiger partial charge in [0.25, 0.3) is 5.91 Å². The molecule has 1 saturated heterocycles. The van der Waals surface area contributed by atoms with Gasteiger partial charge in [0.2, 0.25) is 0 Å². The zero-order valence-electron chi connectivity index (χ0n) is 11.6. The molecule has 0 atom stereocenters. The van der Waals surface area contributed by atoms with E-state index in [1.165, 1.54) is 4.90 Å². The van der Waals surface area contributed by atoms with Gasteiger partial charge in [0.05, 0.1) is 16.7 Å². The fraction of sp³-hybridized carbons (Fsp3) is 0.500. The number of amides is 1. The predicted molar refractivity (Wildman–Crippen MR) is 71.6 cm³/mol. The zero-order chi connectivity index (χ0) is 15.8. The number of nitrogens with zero attached hydrogens (tertiary/aromatic N) is 1. The summed E-state index contributed by atoms with van der Waals surface area (Å²) < 4.78 is 38.1. The fourth-order valence-electron chi connectivity index (χ4n) is 2.28. The Labute approximate surface area is 120 Å². The zero-order valence-corrected chi connectivity index (χ0v) is 11.6. The van der Waals surface area contributed by atoms with Gasteiger partial charge in [-0.15, -0.1) is 0 Å². The standard InChI is InChI=1S/C14H17F3N2O2/c1-13(21)4-6-19(7-5-13)12(20)10-8-9(14(15,16)17)2-3-11(10)18/h2-3,8,21H,4-7,18H2,1H3. The molecule has 7 heteroatoms. The first kappa shape index (κ1) is 15.6. The molecule has 3 N–H and O–H groups in total. The van der Waals surface area contributed by atoms with E-state index < -0.39 is 23.2 Å². The maximum atomic E-state index is 12.7. The lowest BCUT2D eigenvalue weighted by molar-refractivity contribution is -0.137. The highest BCUT2D eigenvalue weighted by Crippen LogP contribution is 2.32. The monoisotopic (exact) mass is 302 g/mol. The minimum absolute atomic E-state index is 0.0188. The van der Waals surface area contributed by atoms with Crippen molar-refractivity contribution in [1.82, 2.24) is 4.90 Å². The normalized spacial score (nSPS) is 18.6. The number of halogens is 3.